The second kappa shape index (κ2) is 6.64. The Balaban J connectivity index is 3.07. The molecule has 0 aromatic heterocycles. The summed E-state index contributed by atoms with van der Waals surface area (Å²) in [5.74, 6) is -0.883. The molecule has 3 nitrogen and oxygen atoms in total. The summed E-state index contributed by atoms with van der Waals surface area (Å²) in [7, 11) is 0. The van der Waals surface area contributed by atoms with Crippen molar-refractivity contribution >= 4 is 27.6 Å². The van der Waals surface area contributed by atoms with E-state index in [9.17, 15) is 4.79 Å². The van der Waals surface area contributed by atoms with Gasteiger partial charge in [-0.2, -0.15) is 0 Å². The third-order valence-corrected chi connectivity index (χ3v) is 3.19. The lowest BCUT2D eigenvalue weighted by Crippen LogP contribution is -2.25. The fraction of sp³-hybridized carbons (Fsp3) is 0.462. The number of benzene rings is 1. The van der Waals surface area contributed by atoms with Gasteiger partial charge in [0, 0.05) is 17.6 Å². The van der Waals surface area contributed by atoms with Gasteiger partial charge in [0.05, 0.1) is 11.3 Å². The van der Waals surface area contributed by atoms with Crippen LogP contribution in [0.25, 0.3) is 0 Å². The molecule has 0 heterocycles. The molecule has 1 rings (SSSR count). The smallest absolute Gasteiger partial charge is 0.335 e. The molecule has 94 valence electrons. The van der Waals surface area contributed by atoms with Crippen LogP contribution in [0.4, 0.5) is 5.69 Å². The van der Waals surface area contributed by atoms with Crippen molar-refractivity contribution in [3.63, 3.8) is 0 Å². The Morgan fingerprint density at radius 3 is 2.35 bits per heavy atom. The molecule has 0 unspecified atom stereocenters. The summed E-state index contributed by atoms with van der Waals surface area (Å²) < 4.78 is 0.949. The van der Waals surface area contributed by atoms with Gasteiger partial charge in [-0.15, -0.1) is 0 Å². The zero-order valence-electron chi connectivity index (χ0n) is 10.2. The van der Waals surface area contributed by atoms with E-state index in [1.807, 2.05) is 0 Å². The minimum Gasteiger partial charge on any atom is -0.478 e. The molecule has 0 spiro atoms. The van der Waals surface area contributed by atoms with Crippen LogP contribution in [0.3, 0.4) is 0 Å². The number of hydrogen-bond acceptors (Lipinski definition) is 2. The summed E-state index contributed by atoms with van der Waals surface area (Å²) in [6.45, 7) is 6.13. The highest BCUT2D eigenvalue weighted by Crippen LogP contribution is 2.28. The molecule has 1 N–H and O–H groups in total. The lowest BCUT2D eigenvalue weighted by atomic mass is 10.2. The number of anilines is 1. The van der Waals surface area contributed by atoms with Crippen molar-refractivity contribution in [3.05, 3.63) is 28.2 Å². The number of nitrogens with zero attached hydrogens (tertiary/aromatic N) is 1. The van der Waals surface area contributed by atoms with E-state index in [2.05, 4.69) is 34.7 Å². The molecule has 1 aromatic carbocycles. The van der Waals surface area contributed by atoms with Gasteiger partial charge in [-0.05, 0) is 47.0 Å². The van der Waals surface area contributed by atoms with Crippen LogP contribution in [0.15, 0.2) is 22.7 Å². The van der Waals surface area contributed by atoms with E-state index in [4.69, 9.17) is 5.11 Å². The molecular formula is C13H18BrNO2. The summed E-state index contributed by atoms with van der Waals surface area (Å²) in [5.41, 5.74) is 1.30. The van der Waals surface area contributed by atoms with Gasteiger partial charge < -0.3 is 10.0 Å². The highest BCUT2D eigenvalue weighted by molar-refractivity contribution is 9.10. The van der Waals surface area contributed by atoms with E-state index in [0.717, 1.165) is 36.1 Å². The number of carboxylic acid groups (broad SMARTS) is 1. The first kappa shape index (κ1) is 14.0. The third-order valence-electron chi connectivity index (χ3n) is 2.52. The van der Waals surface area contributed by atoms with Crippen LogP contribution < -0.4 is 4.90 Å². The maximum absolute atomic E-state index is 11.0. The van der Waals surface area contributed by atoms with Crippen molar-refractivity contribution in [2.24, 2.45) is 0 Å². The van der Waals surface area contributed by atoms with Gasteiger partial charge in [0.25, 0.3) is 0 Å². The maximum atomic E-state index is 11.0. The van der Waals surface area contributed by atoms with E-state index in [1.165, 1.54) is 0 Å². The quantitative estimate of drug-likeness (QED) is 0.869. The van der Waals surface area contributed by atoms with Crippen molar-refractivity contribution in [2.45, 2.75) is 26.7 Å². The molecule has 0 atom stereocenters. The highest BCUT2D eigenvalue weighted by atomic mass is 79.9. The Labute approximate surface area is 111 Å². The Morgan fingerprint density at radius 2 is 1.88 bits per heavy atom. The van der Waals surface area contributed by atoms with Gasteiger partial charge in [-0.3, -0.25) is 0 Å². The van der Waals surface area contributed by atoms with Gasteiger partial charge in [0.2, 0.25) is 0 Å². The maximum Gasteiger partial charge on any atom is 0.335 e. The van der Waals surface area contributed by atoms with Crippen LogP contribution in [0.1, 0.15) is 37.0 Å². The number of halogens is 1. The average molecular weight is 300 g/mol. The number of aromatic carboxylic acids is 1. The first-order valence-electron chi connectivity index (χ1n) is 5.88. The monoisotopic (exact) mass is 299 g/mol. The van der Waals surface area contributed by atoms with Crippen molar-refractivity contribution in [2.75, 3.05) is 18.0 Å². The molecule has 0 aliphatic carbocycles. The molecule has 0 aliphatic heterocycles. The van der Waals surface area contributed by atoms with Crippen LogP contribution in [0.5, 0.6) is 0 Å². The fourth-order valence-corrected chi connectivity index (χ4v) is 2.28. The van der Waals surface area contributed by atoms with Crippen molar-refractivity contribution in [3.8, 4) is 0 Å². The predicted octanol–water partition coefficient (Wildman–Crippen LogP) is 3.77. The summed E-state index contributed by atoms with van der Waals surface area (Å²) >= 11 is 3.49. The van der Waals surface area contributed by atoms with Gasteiger partial charge in [-0.25, -0.2) is 4.79 Å². The van der Waals surface area contributed by atoms with Gasteiger partial charge in [-0.1, -0.05) is 13.8 Å². The molecule has 0 saturated carbocycles. The van der Waals surface area contributed by atoms with Crippen LogP contribution in [-0.4, -0.2) is 24.2 Å². The molecule has 17 heavy (non-hydrogen) atoms. The molecule has 4 heteroatoms. The molecule has 0 radical (unpaired) electrons. The summed E-state index contributed by atoms with van der Waals surface area (Å²) in [5, 5.41) is 9.01. The van der Waals surface area contributed by atoms with Crippen LogP contribution >= 0.6 is 15.9 Å². The minimum absolute atomic E-state index is 0.334. The number of rotatable bonds is 6. The largest absolute Gasteiger partial charge is 0.478 e. The van der Waals surface area contributed by atoms with Gasteiger partial charge in [0.15, 0.2) is 0 Å². The topological polar surface area (TPSA) is 40.5 Å². The highest BCUT2D eigenvalue weighted by Gasteiger charge is 2.12. The zero-order valence-corrected chi connectivity index (χ0v) is 11.8. The normalized spacial score (nSPS) is 10.3. The molecule has 1 aromatic rings. The Hall–Kier alpha value is -1.03. The second-order valence-electron chi connectivity index (χ2n) is 3.96. The average Bonchev–Trinajstić information content (AvgIpc) is 2.29. The Bertz CT molecular complexity index is 387. The predicted molar refractivity (Wildman–Crippen MR) is 73.9 cm³/mol. The minimum atomic E-state index is -0.883. The molecule has 0 amide bonds. The van der Waals surface area contributed by atoms with Gasteiger partial charge in [0.1, 0.15) is 0 Å². The second-order valence-corrected chi connectivity index (χ2v) is 4.81. The van der Waals surface area contributed by atoms with Gasteiger partial charge >= 0.3 is 5.97 Å². The molecule has 0 bridgehead atoms. The Kier molecular flexibility index (Phi) is 5.48. The zero-order chi connectivity index (χ0) is 12.8. The van der Waals surface area contributed by atoms with E-state index in [1.54, 1.807) is 18.2 Å². The van der Waals surface area contributed by atoms with E-state index in [-0.39, 0.29) is 0 Å². The number of hydrogen-bond donors (Lipinski definition) is 1. The SMILES string of the molecule is CCCN(CCC)c1cc(C(=O)O)ccc1Br. The molecule has 0 aliphatic rings. The fourth-order valence-electron chi connectivity index (χ4n) is 1.78. The van der Waals surface area contributed by atoms with E-state index in [0.29, 0.717) is 5.56 Å². The van der Waals surface area contributed by atoms with Crippen LogP contribution in [0.2, 0.25) is 0 Å². The standard InChI is InChI=1S/C13H18BrNO2/c1-3-7-15(8-4-2)12-9-10(13(16)17)5-6-11(12)14/h5-6,9H,3-4,7-8H2,1-2H3,(H,16,17). The van der Waals surface area contributed by atoms with E-state index >= 15 is 0 Å². The number of carboxylic acids is 1. The third kappa shape index (κ3) is 3.73. The molecule has 0 fully saturated rings. The van der Waals surface area contributed by atoms with Crippen LogP contribution in [0, 0.1) is 0 Å². The lowest BCUT2D eigenvalue weighted by Gasteiger charge is -2.25. The summed E-state index contributed by atoms with van der Waals surface area (Å²) in [4.78, 5) is 13.2. The summed E-state index contributed by atoms with van der Waals surface area (Å²) in [6.07, 6.45) is 2.09. The first-order chi connectivity index (χ1) is 8.10. The van der Waals surface area contributed by atoms with E-state index < -0.39 is 5.97 Å². The summed E-state index contributed by atoms with van der Waals surface area (Å²) in [6, 6.07) is 5.15. The first-order valence-corrected chi connectivity index (χ1v) is 6.67. The van der Waals surface area contributed by atoms with Crippen molar-refractivity contribution in [1.82, 2.24) is 0 Å². The number of carbonyl (C=O) groups is 1. The molecular weight excluding hydrogens is 282 g/mol. The molecule has 0 saturated heterocycles. The van der Waals surface area contributed by atoms with Crippen LogP contribution in [-0.2, 0) is 0 Å². The van der Waals surface area contributed by atoms with Crippen molar-refractivity contribution < 1.29 is 9.90 Å². The lowest BCUT2D eigenvalue weighted by molar-refractivity contribution is 0.0697. The van der Waals surface area contributed by atoms with Crippen molar-refractivity contribution in [1.29, 1.82) is 0 Å². The Morgan fingerprint density at radius 1 is 1.29 bits per heavy atom.